The molecule has 1 aromatic carbocycles. The molecule has 0 saturated heterocycles. The van der Waals surface area contributed by atoms with Gasteiger partial charge >= 0.3 is 0 Å². The second-order valence-electron chi connectivity index (χ2n) is 4.12. The molecule has 0 saturated carbocycles. The molecular formula is C12H16FNO2. The van der Waals surface area contributed by atoms with Crippen molar-refractivity contribution in [2.75, 3.05) is 6.61 Å². The van der Waals surface area contributed by atoms with Gasteiger partial charge in [0, 0.05) is 0 Å². The smallest absolute Gasteiger partial charge is 0.273 e. The molecule has 4 heteroatoms. The number of carbonyl (C=O) groups excluding carboxylic acids is 1. The molecule has 0 aliphatic rings. The van der Waals surface area contributed by atoms with Crippen LogP contribution in [0.2, 0.25) is 0 Å². The Morgan fingerprint density at radius 3 is 2.75 bits per heavy atom. The van der Waals surface area contributed by atoms with Crippen molar-refractivity contribution in [2.24, 2.45) is 5.92 Å². The van der Waals surface area contributed by atoms with Crippen molar-refractivity contribution in [3.05, 3.63) is 35.1 Å². The zero-order valence-electron chi connectivity index (χ0n) is 9.71. The molecule has 0 heterocycles. The fourth-order valence-electron chi connectivity index (χ4n) is 1.13. The number of hydrogen-bond donors (Lipinski definition) is 1. The van der Waals surface area contributed by atoms with Crippen molar-refractivity contribution >= 4 is 5.91 Å². The van der Waals surface area contributed by atoms with Crippen LogP contribution in [0, 0.1) is 18.7 Å². The van der Waals surface area contributed by atoms with E-state index in [1.165, 1.54) is 12.1 Å². The fourth-order valence-corrected chi connectivity index (χ4v) is 1.13. The van der Waals surface area contributed by atoms with E-state index in [1.54, 1.807) is 13.0 Å². The van der Waals surface area contributed by atoms with Crippen LogP contribution in [-0.2, 0) is 4.84 Å². The summed E-state index contributed by atoms with van der Waals surface area (Å²) in [6, 6.07) is 4.44. The van der Waals surface area contributed by atoms with Crippen molar-refractivity contribution in [3.8, 4) is 0 Å². The van der Waals surface area contributed by atoms with E-state index in [1.807, 2.05) is 13.8 Å². The molecule has 1 amide bonds. The number of hydrogen-bond acceptors (Lipinski definition) is 2. The van der Waals surface area contributed by atoms with Gasteiger partial charge in [-0.3, -0.25) is 9.63 Å². The molecule has 88 valence electrons. The summed E-state index contributed by atoms with van der Waals surface area (Å²) >= 11 is 0. The highest BCUT2D eigenvalue weighted by atomic mass is 19.1. The molecule has 0 bridgehead atoms. The highest BCUT2D eigenvalue weighted by Gasteiger charge is 2.11. The van der Waals surface area contributed by atoms with Crippen LogP contribution in [0.15, 0.2) is 18.2 Å². The second-order valence-corrected chi connectivity index (χ2v) is 4.12. The maximum Gasteiger partial charge on any atom is 0.277 e. The van der Waals surface area contributed by atoms with Crippen molar-refractivity contribution < 1.29 is 14.0 Å². The summed E-state index contributed by atoms with van der Waals surface area (Å²) in [5, 5.41) is 0. The Morgan fingerprint density at radius 2 is 2.19 bits per heavy atom. The number of benzene rings is 1. The number of hydroxylamine groups is 1. The summed E-state index contributed by atoms with van der Waals surface area (Å²) in [4.78, 5) is 16.4. The van der Waals surface area contributed by atoms with Gasteiger partial charge in [-0.25, -0.2) is 9.87 Å². The van der Waals surface area contributed by atoms with E-state index < -0.39 is 11.7 Å². The molecule has 0 spiro atoms. The van der Waals surface area contributed by atoms with Crippen LogP contribution in [0.1, 0.15) is 29.8 Å². The first-order valence-electron chi connectivity index (χ1n) is 5.19. The summed E-state index contributed by atoms with van der Waals surface area (Å²) in [5.41, 5.74) is 2.98. The van der Waals surface area contributed by atoms with Gasteiger partial charge in [0.2, 0.25) is 0 Å². The van der Waals surface area contributed by atoms with Crippen LogP contribution in [-0.4, -0.2) is 12.5 Å². The molecule has 1 aromatic rings. The Morgan fingerprint density at radius 1 is 1.50 bits per heavy atom. The maximum absolute atomic E-state index is 13.4. The van der Waals surface area contributed by atoms with E-state index in [9.17, 15) is 9.18 Å². The van der Waals surface area contributed by atoms with Gasteiger partial charge in [0.15, 0.2) is 0 Å². The van der Waals surface area contributed by atoms with Crippen LogP contribution in [0.5, 0.6) is 0 Å². The Hall–Kier alpha value is -1.42. The van der Waals surface area contributed by atoms with Crippen molar-refractivity contribution in [3.63, 3.8) is 0 Å². The Kier molecular flexibility index (Phi) is 4.43. The van der Waals surface area contributed by atoms with Crippen molar-refractivity contribution in [2.45, 2.75) is 20.8 Å². The van der Waals surface area contributed by atoms with E-state index in [0.717, 1.165) is 5.56 Å². The molecule has 3 nitrogen and oxygen atoms in total. The number of carbonyl (C=O) groups is 1. The lowest BCUT2D eigenvalue weighted by molar-refractivity contribution is 0.0205. The molecule has 0 aliphatic carbocycles. The summed E-state index contributed by atoms with van der Waals surface area (Å²) in [7, 11) is 0. The van der Waals surface area contributed by atoms with Gasteiger partial charge in [0.25, 0.3) is 5.91 Å². The third-order valence-electron chi connectivity index (χ3n) is 1.95. The van der Waals surface area contributed by atoms with E-state index in [4.69, 9.17) is 4.84 Å². The third kappa shape index (κ3) is 3.62. The highest BCUT2D eigenvalue weighted by Crippen LogP contribution is 2.09. The number of aryl methyl sites for hydroxylation is 1. The Labute approximate surface area is 94.6 Å². The Balaban J connectivity index is 2.59. The predicted octanol–water partition coefficient (Wildman–Crippen LogP) is 2.45. The lowest BCUT2D eigenvalue weighted by Gasteiger charge is -2.08. The van der Waals surface area contributed by atoms with Gasteiger partial charge in [-0.05, 0) is 30.5 Å². The number of amides is 1. The van der Waals surface area contributed by atoms with Crippen LogP contribution in [0.25, 0.3) is 0 Å². The Bertz CT molecular complexity index is 377. The minimum Gasteiger partial charge on any atom is -0.273 e. The first-order valence-corrected chi connectivity index (χ1v) is 5.19. The number of nitrogens with one attached hydrogen (secondary N) is 1. The van der Waals surface area contributed by atoms with Crippen LogP contribution in [0.4, 0.5) is 4.39 Å². The minimum atomic E-state index is -0.557. The maximum atomic E-state index is 13.4. The average Bonchev–Trinajstić information content (AvgIpc) is 2.16. The number of halogens is 1. The molecule has 1 N–H and O–H groups in total. The molecule has 16 heavy (non-hydrogen) atoms. The summed E-state index contributed by atoms with van der Waals surface area (Å²) in [6.07, 6.45) is 0. The van der Waals surface area contributed by atoms with Gasteiger partial charge < -0.3 is 0 Å². The number of rotatable bonds is 4. The van der Waals surface area contributed by atoms with E-state index in [0.29, 0.717) is 12.5 Å². The normalized spacial score (nSPS) is 10.6. The average molecular weight is 225 g/mol. The van der Waals surface area contributed by atoms with Crippen molar-refractivity contribution in [1.82, 2.24) is 5.48 Å². The predicted molar refractivity (Wildman–Crippen MR) is 59.4 cm³/mol. The molecule has 0 aliphatic heterocycles. The van der Waals surface area contributed by atoms with Gasteiger partial charge in [-0.15, -0.1) is 0 Å². The second kappa shape index (κ2) is 5.61. The van der Waals surface area contributed by atoms with E-state index >= 15 is 0 Å². The van der Waals surface area contributed by atoms with Crippen molar-refractivity contribution in [1.29, 1.82) is 0 Å². The third-order valence-corrected chi connectivity index (χ3v) is 1.95. The van der Waals surface area contributed by atoms with Gasteiger partial charge in [-0.1, -0.05) is 19.9 Å². The zero-order valence-corrected chi connectivity index (χ0v) is 9.71. The lowest BCUT2D eigenvalue weighted by Crippen LogP contribution is -2.26. The molecule has 0 aromatic heterocycles. The molecular weight excluding hydrogens is 209 g/mol. The first kappa shape index (κ1) is 12.6. The molecule has 1 rings (SSSR count). The van der Waals surface area contributed by atoms with E-state index in [2.05, 4.69) is 5.48 Å². The first-order chi connectivity index (χ1) is 7.50. The SMILES string of the molecule is Cc1ccc(C(=O)NOCC(C)C)c(F)c1. The highest BCUT2D eigenvalue weighted by molar-refractivity contribution is 5.93. The van der Waals surface area contributed by atoms with Gasteiger partial charge in [0.05, 0.1) is 12.2 Å². The van der Waals surface area contributed by atoms with E-state index in [-0.39, 0.29) is 5.56 Å². The monoisotopic (exact) mass is 225 g/mol. The quantitative estimate of drug-likeness (QED) is 0.799. The van der Waals surface area contributed by atoms with Gasteiger partial charge in [-0.2, -0.15) is 0 Å². The summed E-state index contributed by atoms with van der Waals surface area (Å²) < 4.78 is 13.4. The summed E-state index contributed by atoms with van der Waals surface area (Å²) in [5.74, 6) is -0.785. The minimum absolute atomic E-state index is 0.00523. The van der Waals surface area contributed by atoms with Crippen LogP contribution in [0.3, 0.4) is 0 Å². The topological polar surface area (TPSA) is 38.3 Å². The van der Waals surface area contributed by atoms with Crippen LogP contribution >= 0.6 is 0 Å². The van der Waals surface area contributed by atoms with Gasteiger partial charge in [0.1, 0.15) is 5.82 Å². The zero-order chi connectivity index (χ0) is 12.1. The standard InChI is InChI=1S/C12H16FNO2/c1-8(2)7-16-14-12(15)10-5-4-9(3)6-11(10)13/h4-6,8H,7H2,1-3H3,(H,14,15). The fraction of sp³-hybridized carbons (Fsp3) is 0.417. The molecule has 0 atom stereocenters. The molecule has 0 radical (unpaired) electrons. The summed E-state index contributed by atoms with van der Waals surface area (Å²) in [6.45, 7) is 6.08. The molecule has 0 unspecified atom stereocenters. The van der Waals surface area contributed by atoms with Crippen LogP contribution < -0.4 is 5.48 Å². The lowest BCUT2D eigenvalue weighted by atomic mass is 10.1. The molecule has 0 fully saturated rings. The largest absolute Gasteiger partial charge is 0.277 e.